The third-order valence-electron chi connectivity index (χ3n) is 3.61. The second-order valence-electron chi connectivity index (χ2n) is 5.12. The third-order valence-corrected chi connectivity index (χ3v) is 5.36. The second kappa shape index (κ2) is 7.34. The van der Waals surface area contributed by atoms with Crippen LogP contribution in [0.4, 0.5) is 0 Å². The molecule has 118 valence electrons. The van der Waals surface area contributed by atoms with Gasteiger partial charge in [-0.15, -0.1) is 22.7 Å². The van der Waals surface area contributed by atoms with Crippen LogP contribution in [-0.4, -0.2) is 42.4 Å². The zero-order valence-electron chi connectivity index (χ0n) is 11.9. The van der Waals surface area contributed by atoms with Crippen LogP contribution in [-0.2, 0) is 11.3 Å². The molecule has 1 aliphatic rings. The van der Waals surface area contributed by atoms with Gasteiger partial charge in [0.2, 0.25) is 0 Å². The van der Waals surface area contributed by atoms with Crippen molar-refractivity contribution in [2.45, 2.75) is 24.8 Å². The van der Waals surface area contributed by atoms with E-state index < -0.39 is 6.10 Å². The molecule has 1 aliphatic heterocycles. The van der Waals surface area contributed by atoms with Crippen molar-refractivity contribution in [3.63, 3.8) is 0 Å². The van der Waals surface area contributed by atoms with Crippen molar-refractivity contribution in [1.82, 2.24) is 10.6 Å². The first-order valence-corrected chi connectivity index (χ1v) is 8.87. The largest absolute Gasteiger partial charge is 0.389 e. The fraction of sp³-hybridized carbons (Fsp3) is 0.400. The van der Waals surface area contributed by atoms with Crippen molar-refractivity contribution in [2.24, 2.45) is 0 Å². The Morgan fingerprint density at radius 1 is 1.32 bits per heavy atom. The van der Waals surface area contributed by atoms with Crippen molar-refractivity contribution in [2.75, 3.05) is 13.2 Å². The summed E-state index contributed by atoms with van der Waals surface area (Å²) in [5.41, 5.74) is 0. The Morgan fingerprint density at radius 2 is 2.14 bits per heavy atom. The number of ether oxygens (including phenoxy) is 1. The Labute approximate surface area is 136 Å². The molecule has 0 spiro atoms. The van der Waals surface area contributed by atoms with Crippen molar-refractivity contribution < 1.29 is 14.6 Å². The molecule has 1 fully saturated rings. The molecule has 0 aromatic carbocycles. The fourth-order valence-electron chi connectivity index (χ4n) is 2.38. The maximum atomic E-state index is 11.9. The standard InChI is InChI=1S/C15H18N2O3S2/c18-14-11(16-7-10-3-1-5-21-10)9-20-12(14)8-17-15(19)13-4-2-6-22-13/h1-6,11-12,14,16,18H,7-9H2,(H,17,19). The highest BCUT2D eigenvalue weighted by Crippen LogP contribution is 2.16. The maximum absolute atomic E-state index is 11.9. The quantitative estimate of drug-likeness (QED) is 0.746. The van der Waals surface area contributed by atoms with E-state index in [2.05, 4.69) is 16.7 Å². The third kappa shape index (κ3) is 3.74. The minimum Gasteiger partial charge on any atom is -0.389 e. The summed E-state index contributed by atoms with van der Waals surface area (Å²) in [5, 5.41) is 20.3. The molecule has 0 radical (unpaired) electrons. The molecule has 22 heavy (non-hydrogen) atoms. The molecular weight excluding hydrogens is 320 g/mol. The van der Waals surface area contributed by atoms with Crippen LogP contribution in [0.1, 0.15) is 14.5 Å². The summed E-state index contributed by atoms with van der Waals surface area (Å²) in [4.78, 5) is 13.8. The molecule has 3 atom stereocenters. The maximum Gasteiger partial charge on any atom is 0.261 e. The molecule has 1 amide bonds. The van der Waals surface area contributed by atoms with Gasteiger partial charge in [0.05, 0.1) is 23.6 Å². The number of rotatable bonds is 6. The van der Waals surface area contributed by atoms with Gasteiger partial charge in [-0.25, -0.2) is 0 Å². The molecule has 3 N–H and O–H groups in total. The highest BCUT2D eigenvalue weighted by Gasteiger charge is 2.35. The van der Waals surface area contributed by atoms with Crippen LogP contribution in [0.15, 0.2) is 35.0 Å². The molecule has 2 aromatic heterocycles. The number of aliphatic hydroxyl groups excluding tert-OH is 1. The molecule has 3 unspecified atom stereocenters. The van der Waals surface area contributed by atoms with Gasteiger partial charge in [-0.3, -0.25) is 4.79 Å². The van der Waals surface area contributed by atoms with Crippen LogP contribution in [0.5, 0.6) is 0 Å². The highest BCUT2D eigenvalue weighted by molar-refractivity contribution is 7.12. The zero-order chi connectivity index (χ0) is 15.4. The predicted molar refractivity (Wildman–Crippen MR) is 87.3 cm³/mol. The molecular formula is C15H18N2O3S2. The smallest absolute Gasteiger partial charge is 0.261 e. The summed E-state index contributed by atoms with van der Waals surface area (Å²) in [5.74, 6) is -0.124. The lowest BCUT2D eigenvalue weighted by Gasteiger charge is -2.18. The average Bonchev–Trinajstić information content (AvgIpc) is 3.26. The number of hydrogen-bond donors (Lipinski definition) is 3. The monoisotopic (exact) mass is 338 g/mol. The van der Waals surface area contributed by atoms with Gasteiger partial charge < -0.3 is 20.5 Å². The second-order valence-corrected chi connectivity index (χ2v) is 7.10. The molecule has 5 nitrogen and oxygen atoms in total. The topological polar surface area (TPSA) is 70.6 Å². The predicted octanol–water partition coefficient (Wildman–Crippen LogP) is 1.46. The number of amides is 1. The Morgan fingerprint density at radius 3 is 2.86 bits per heavy atom. The lowest BCUT2D eigenvalue weighted by atomic mass is 10.1. The summed E-state index contributed by atoms with van der Waals surface area (Å²) >= 11 is 3.08. The molecule has 2 aromatic rings. The van der Waals surface area contributed by atoms with Gasteiger partial charge in [0.1, 0.15) is 6.10 Å². The van der Waals surface area contributed by atoms with E-state index >= 15 is 0 Å². The lowest BCUT2D eigenvalue weighted by Crippen LogP contribution is -2.44. The molecule has 7 heteroatoms. The normalized spacial score (nSPS) is 24.5. The number of nitrogens with one attached hydrogen (secondary N) is 2. The van der Waals surface area contributed by atoms with Crippen LogP contribution in [0, 0.1) is 0 Å². The zero-order valence-corrected chi connectivity index (χ0v) is 13.5. The molecule has 3 rings (SSSR count). The van der Waals surface area contributed by atoms with Crippen molar-refractivity contribution in [1.29, 1.82) is 0 Å². The van der Waals surface area contributed by atoms with Gasteiger partial charge >= 0.3 is 0 Å². The highest BCUT2D eigenvalue weighted by atomic mass is 32.1. The summed E-state index contributed by atoms with van der Waals surface area (Å²) in [6.45, 7) is 1.48. The van der Waals surface area contributed by atoms with E-state index in [4.69, 9.17) is 4.74 Å². The summed E-state index contributed by atoms with van der Waals surface area (Å²) in [6.07, 6.45) is -0.992. The first-order valence-electron chi connectivity index (χ1n) is 7.11. The Hall–Kier alpha value is -1.25. The molecule has 3 heterocycles. The average molecular weight is 338 g/mol. The number of hydrogen-bond acceptors (Lipinski definition) is 6. The molecule has 0 bridgehead atoms. The summed E-state index contributed by atoms with van der Waals surface area (Å²) < 4.78 is 5.60. The summed E-state index contributed by atoms with van der Waals surface area (Å²) in [7, 11) is 0. The first-order chi connectivity index (χ1) is 10.7. The van der Waals surface area contributed by atoms with Crippen molar-refractivity contribution >= 4 is 28.6 Å². The minimum absolute atomic E-state index is 0.106. The van der Waals surface area contributed by atoms with Gasteiger partial charge in [-0.05, 0) is 22.9 Å². The van der Waals surface area contributed by atoms with E-state index in [1.807, 2.05) is 22.9 Å². The molecule has 1 saturated heterocycles. The van der Waals surface area contributed by atoms with Gasteiger partial charge in [0.15, 0.2) is 0 Å². The van der Waals surface area contributed by atoms with E-state index in [0.717, 1.165) is 6.54 Å². The minimum atomic E-state index is -0.622. The van der Waals surface area contributed by atoms with Gasteiger partial charge in [0, 0.05) is 18.0 Å². The van der Waals surface area contributed by atoms with E-state index in [1.165, 1.54) is 16.2 Å². The van der Waals surface area contributed by atoms with Gasteiger partial charge in [-0.2, -0.15) is 0 Å². The summed E-state index contributed by atoms with van der Waals surface area (Å²) in [6, 6.07) is 7.57. The number of carbonyl (C=O) groups excluding carboxylic acids is 1. The van der Waals surface area contributed by atoms with Crippen LogP contribution >= 0.6 is 22.7 Å². The SMILES string of the molecule is O=C(NCC1OCC(NCc2cccs2)C1O)c1cccs1. The molecule has 0 aliphatic carbocycles. The Balaban J connectivity index is 1.44. The van der Waals surface area contributed by atoms with Crippen LogP contribution in [0.3, 0.4) is 0 Å². The van der Waals surface area contributed by atoms with E-state index in [0.29, 0.717) is 18.0 Å². The van der Waals surface area contributed by atoms with Crippen LogP contribution in [0.25, 0.3) is 0 Å². The van der Waals surface area contributed by atoms with E-state index in [1.54, 1.807) is 17.4 Å². The lowest BCUT2D eigenvalue weighted by molar-refractivity contribution is 0.0399. The first kappa shape index (κ1) is 15.6. The number of aliphatic hydroxyl groups is 1. The van der Waals surface area contributed by atoms with Gasteiger partial charge in [0.25, 0.3) is 5.91 Å². The van der Waals surface area contributed by atoms with Crippen molar-refractivity contribution in [3.8, 4) is 0 Å². The van der Waals surface area contributed by atoms with Crippen LogP contribution < -0.4 is 10.6 Å². The van der Waals surface area contributed by atoms with E-state index in [9.17, 15) is 9.90 Å². The molecule has 0 saturated carbocycles. The Bertz CT molecular complexity index is 586. The number of carbonyl (C=O) groups is 1. The van der Waals surface area contributed by atoms with E-state index in [-0.39, 0.29) is 18.1 Å². The van der Waals surface area contributed by atoms with Gasteiger partial charge in [-0.1, -0.05) is 12.1 Å². The van der Waals surface area contributed by atoms with Crippen LogP contribution in [0.2, 0.25) is 0 Å². The van der Waals surface area contributed by atoms with Crippen molar-refractivity contribution in [3.05, 3.63) is 44.8 Å². The number of thiophene rings is 2. The fourth-order valence-corrected chi connectivity index (χ4v) is 3.67. The Kier molecular flexibility index (Phi) is 5.22.